The van der Waals surface area contributed by atoms with Crippen molar-refractivity contribution in [3.8, 4) is 0 Å². The molecule has 2 bridgehead atoms. The predicted octanol–water partition coefficient (Wildman–Crippen LogP) is 4.36. The summed E-state index contributed by atoms with van der Waals surface area (Å²) in [6.07, 6.45) is 0.125. The molecule has 3 aliphatic rings. The Bertz CT molecular complexity index is 1260. The Morgan fingerprint density at radius 3 is 2.35 bits per heavy atom. The molecule has 0 heterocycles. The van der Waals surface area contributed by atoms with E-state index in [0.717, 1.165) is 5.56 Å². The maximum atomic E-state index is 13.1. The van der Waals surface area contributed by atoms with Crippen LogP contribution in [0.3, 0.4) is 0 Å². The summed E-state index contributed by atoms with van der Waals surface area (Å²) in [7, 11) is 0. The molecule has 0 spiro atoms. The van der Waals surface area contributed by atoms with Gasteiger partial charge >= 0.3 is 17.9 Å². The number of carbonyl (C=O) groups is 4. The molecule has 0 radical (unpaired) electrons. The summed E-state index contributed by atoms with van der Waals surface area (Å²) in [6, 6.07) is 9.35. The van der Waals surface area contributed by atoms with Crippen LogP contribution < -0.4 is 0 Å². The molecular formula is C32H38O8. The van der Waals surface area contributed by atoms with Gasteiger partial charge in [-0.1, -0.05) is 50.8 Å². The number of esters is 3. The Labute approximate surface area is 235 Å². The molecule has 0 aromatic heterocycles. The van der Waals surface area contributed by atoms with Crippen LogP contribution in [0.2, 0.25) is 0 Å². The second-order valence-electron chi connectivity index (χ2n) is 11.5. The summed E-state index contributed by atoms with van der Waals surface area (Å²) in [5.41, 5.74) is 1.44. The van der Waals surface area contributed by atoms with Crippen LogP contribution in [0, 0.1) is 23.2 Å². The lowest BCUT2D eigenvalue weighted by atomic mass is 9.52. The molecule has 0 amide bonds. The van der Waals surface area contributed by atoms with Gasteiger partial charge in [-0.2, -0.15) is 0 Å². The molecule has 214 valence electrons. The van der Waals surface area contributed by atoms with E-state index in [1.54, 1.807) is 13.0 Å². The summed E-state index contributed by atoms with van der Waals surface area (Å²) in [4.78, 5) is 50.6. The molecule has 8 heteroatoms. The van der Waals surface area contributed by atoms with Crippen LogP contribution >= 0.6 is 0 Å². The van der Waals surface area contributed by atoms with Gasteiger partial charge < -0.3 is 19.3 Å². The van der Waals surface area contributed by atoms with E-state index < -0.39 is 59.6 Å². The van der Waals surface area contributed by atoms with Gasteiger partial charge in [-0.05, 0) is 60.0 Å². The minimum Gasteiger partial charge on any atom is -0.458 e. The van der Waals surface area contributed by atoms with Crippen molar-refractivity contribution in [2.24, 2.45) is 23.2 Å². The molecule has 1 aromatic carbocycles. The van der Waals surface area contributed by atoms with Crippen molar-refractivity contribution in [2.75, 3.05) is 0 Å². The molecule has 8 nitrogen and oxygen atoms in total. The minimum atomic E-state index is -1.04. The third-order valence-corrected chi connectivity index (χ3v) is 8.94. The molecule has 2 fully saturated rings. The number of Topliss-reactive ketones (excluding diaryl/α,β-unsaturated/α-hetero) is 1. The SMILES string of the molecule is C=C1[C@@H](OC(=O)/C=C/c2ccccc2)CC[C@@]2(C)[C@@H](OC(C)=O)[C@H](OC(C)=O)C3=C(C)C(=O)C[C@@H]([C@@H](O)[C@H]12)[C@@H]3C. The molecule has 0 unspecified atom stereocenters. The van der Waals surface area contributed by atoms with Crippen LogP contribution in [0.5, 0.6) is 0 Å². The van der Waals surface area contributed by atoms with Gasteiger partial charge in [-0.3, -0.25) is 14.4 Å². The largest absolute Gasteiger partial charge is 0.458 e. The second-order valence-corrected chi connectivity index (χ2v) is 11.5. The number of aliphatic hydroxyl groups excluding tert-OH is 1. The maximum Gasteiger partial charge on any atom is 0.331 e. The van der Waals surface area contributed by atoms with Crippen molar-refractivity contribution >= 4 is 29.8 Å². The van der Waals surface area contributed by atoms with Crippen molar-refractivity contribution in [1.29, 1.82) is 0 Å². The predicted molar refractivity (Wildman–Crippen MR) is 147 cm³/mol. The Morgan fingerprint density at radius 2 is 1.73 bits per heavy atom. The Kier molecular flexibility index (Phi) is 8.49. The first kappa shape index (κ1) is 29.5. The van der Waals surface area contributed by atoms with E-state index in [1.165, 1.54) is 19.9 Å². The molecule has 0 saturated heterocycles. The van der Waals surface area contributed by atoms with Gasteiger partial charge in [0.25, 0.3) is 0 Å². The molecule has 1 N–H and O–H groups in total. The zero-order chi connectivity index (χ0) is 29.4. The standard InChI is InChI=1S/C32H38O8/c1-17-23-16-24(35)18(2)27(17)30(38-20(4)33)31(39-21(5)34)32(6)15-14-25(19(3)28(32)29(23)37)40-26(36)13-12-22-10-8-7-9-11-22/h7-13,17,23,25,28-31,37H,3,14-16H2,1-2,4-6H3/b13-12+/t17-,23+,25-,28-,29+,30+,31-,32+/m0/s1. The van der Waals surface area contributed by atoms with Crippen LogP contribution in [0.4, 0.5) is 0 Å². The third-order valence-electron chi connectivity index (χ3n) is 8.94. The monoisotopic (exact) mass is 550 g/mol. The van der Waals surface area contributed by atoms with E-state index in [0.29, 0.717) is 29.6 Å². The normalized spacial score (nSPS) is 34.0. The number of carbonyl (C=O) groups excluding carboxylic acids is 4. The fourth-order valence-corrected chi connectivity index (χ4v) is 6.98. The molecule has 2 saturated carbocycles. The molecule has 3 aliphatic carbocycles. The first-order valence-corrected chi connectivity index (χ1v) is 13.7. The average molecular weight is 551 g/mol. The number of hydrogen-bond donors (Lipinski definition) is 1. The van der Waals surface area contributed by atoms with E-state index in [4.69, 9.17) is 14.2 Å². The number of rotatable bonds is 5. The van der Waals surface area contributed by atoms with Crippen LogP contribution in [-0.4, -0.2) is 53.2 Å². The number of ketones is 1. The lowest BCUT2D eigenvalue weighted by Crippen LogP contribution is -2.61. The first-order chi connectivity index (χ1) is 18.8. The van der Waals surface area contributed by atoms with E-state index in [-0.39, 0.29) is 18.1 Å². The van der Waals surface area contributed by atoms with Crippen molar-refractivity contribution < 1.29 is 38.5 Å². The number of benzene rings is 1. The van der Waals surface area contributed by atoms with Crippen molar-refractivity contribution in [1.82, 2.24) is 0 Å². The van der Waals surface area contributed by atoms with Crippen LogP contribution in [0.25, 0.3) is 6.08 Å². The highest BCUT2D eigenvalue weighted by Crippen LogP contribution is 2.56. The Balaban J connectivity index is 1.74. The Hall–Kier alpha value is -3.52. The summed E-state index contributed by atoms with van der Waals surface area (Å²) in [5, 5.41) is 11.9. The van der Waals surface area contributed by atoms with Gasteiger partial charge in [0.2, 0.25) is 0 Å². The molecule has 1 aromatic rings. The van der Waals surface area contributed by atoms with Crippen molar-refractivity contribution in [2.45, 2.75) is 78.3 Å². The zero-order valence-electron chi connectivity index (χ0n) is 23.7. The fraction of sp³-hybridized carbons (Fsp3) is 0.500. The quantitative estimate of drug-likeness (QED) is 0.249. The van der Waals surface area contributed by atoms with E-state index in [2.05, 4.69) is 6.58 Å². The van der Waals surface area contributed by atoms with Crippen molar-refractivity contribution in [3.05, 3.63) is 65.3 Å². The molecule has 0 aliphatic heterocycles. The second kappa shape index (κ2) is 11.5. The third kappa shape index (κ3) is 5.55. The van der Waals surface area contributed by atoms with E-state index >= 15 is 0 Å². The van der Waals surface area contributed by atoms with Crippen LogP contribution in [0.15, 0.2) is 59.7 Å². The van der Waals surface area contributed by atoms with Gasteiger partial charge in [-0.25, -0.2) is 4.79 Å². The summed E-state index contributed by atoms with van der Waals surface area (Å²) in [6.45, 7) is 12.3. The summed E-state index contributed by atoms with van der Waals surface area (Å²) < 4.78 is 17.5. The van der Waals surface area contributed by atoms with E-state index in [1.807, 2.05) is 44.2 Å². The topological polar surface area (TPSA) is 116 Å². The summed E-state index contributed by atoms with van der Waals surface area (Å²) >= 11 is 0. The summed E-state index contributed by atoms with van der Waals surface area (Å²) in [5.74, 6) is -3.39. The molecule has 8 atom stereocenters. The van der Waals surface area contributed by atoms with E-state index in [9.17, 15) is 24.3 Å². The average Bonchev–Trinajstić information content (AvgIpc) is 2.89. The highest BCUT2D eigenvalue weighted by atomic mass is 16.6. The van der Waals surface area contributed by atoms with Gasteiger partial charge in [0, 0.05) is 37.7 Å². The number of aliphatic hydroxyl groups is 1. The molecule has 4 rings (SSSR count). The number of hydrogen-bond acceptors (Lipinski definition) is 8. The number of allylic oxidation sites excluding steroid dienone is 1. The lowest BCUT2D eigenvalue weighted by Gasteiger charge is -2.56. The molecular weight excluding hydrogens is 512 g/mol. The molecule has 40 heavy (non-hydrogen) atoms. The zero-order valence-corrected chi connectivity index (χ0v) is 23.7. The lowest BCUT2D eigenvalue weighted by molar-refractivity contribution is -0.192. The minimum absolute atomic E-state index is 0.118. The fourth-order valence-electron chi connectivity index (χ4n) is 6.98. The Morgan fingerprint density at radius 1 is 1.07 bits per heavy atom. The van der Waals surface area contributed by atoms with Crippen molar-refractivity contribution in [3.63, 3.8) is 0 Å². The van der Waals surface area contributed by atoms with Crippen LogP contribution in [-0.2, 0) is 33.4 Å². The highest BCUT2D eigenvalue weighted by Gasteiger charge is 2.60. The highest BCUT2D eigenvalue weighted by molar-refractivity contribution is 5.97. The van der Waals surface area contributed by atoms with Gasteiger partial charge in [-0.15, -0.1) is 0 Å². The van der Waals surface area contributed by atoms with Crippen LogP contribution in [0.1, 0.15) is 59.4 Å². The van der Waals surface area contributed by atoms with Gasteiger partial charge in [0.1, 0.15) is 12.2 Å². The van der Waals surface area contributed by atoms with Gasteiger partial charge in [0.15, 0.2) is 11.9 Å². The smallest absolute Gasteiger partial charge is 0.331 e. The number of ether oxygens (including phenoxy) is 3. The number of fused-ring (bicyclic) bond motifs is 3. The van der Waals surface area contributed by atoms with Gasteiger partial charge in [0.05, 0.1) is 6.10 Å². The first-order valence-electron chi connectivity index (χ1n) is 13.7. The maximum absolute atomic E-state index is 13.1.